The van der Waals surface area contributed by atoms with E-state index in [1.807, 2.05) is 6.92 Å². The molecule has 2 aromatic heterocycles. The van der Waals surface area contributed by atoms with Gasteiger partial charge < -0.3 is 19.9 Å². The number of anilines is 1. The summed E-state index contributed by atoms with van der Waals surface area (Å²) in [6, 6.07) is 2.97. The molecule has 0 aliphatic heterocycles. The second-order valence-corrected chi connectivity index (χ2v) is 5.46. The number of hydrogen-bond donors (Lipinski definition) is 2. The first-order valence-corrected chi connectivity index (χ1v) is 7.81. The summed E-state index contributed by atoms with van der Waals surface area (Å²) in [6.07, 6.45) is 3.79. The number of carbonyl (C=O) groups excluding carboxylic acids is 1. The largest absolute Gasteiger partial charge is 0.478 e. The fourth-order valence-corrected chi connectivity index (χ4v) is 2.05. The van der Waals surface area contributed by atoms with Gasteiger partial charge in [-0.05, 0) is 12.0 Å². The topological polar surface area (TPSA) is 107 Å². The van der Waals surface area contributed by atoms with Crippen molar-refractivity contribution < 1.29 is 9.53 Å². The Hall–Kier alpha value is -3.10. The molecule has 134 valence electrons. The molecule has 0 bridgehead atoms. The number of aromatic nitrogens is 3. The normalized spacial score (nSPS) is 10.4. The highest BCUT2D eigenvalue weighted by molar-refractivity contribution is 5.88. The number of urea groups is 1. The summed E-state index contributed by atoms with van der Waals surface area (Å²) in [7, 11) is 2.85. The van der Waals surface area contributed by atoms with Gasteiger partial charge in [-0.1, -0.05) is 13.0 Å². The first kappa shape index (κ1) is 18.2. The third-order valence-electron chi connectivity index (χ3n) is 3.40. The lowest BCUT2D eigenvalue weighted by Crippen LogP contribution is -2.39. The summed E-state index contributed by atoms with van der Waals surface area (Å²) in [4.78, 5) is 39.7. The summed E-state index contributed by atoms with van der Waals surface area (Å²) < 4.78 is 7.53. The molecule has 2 N–H and O–H groups in total. The van der Waals surface area contributed by atoms with Gasteiger partial charge in [-0.15, -0.1) is 0 Å². The van der Waals surface area contributed by atoms with E-state index < -0.39 is 17.3 Å². The number of hydrogen-bond acceptors (Lipinski definition) is 5. The molecule has 0 saturated carbocycles. The zero-order chi connectivity index (χ0) is 18.4. The molecule has 25 heavy (non-hydrogen) atoms. The zero-order valence-electron chi connectivity index (χ0n) is 14.4. The van der Waals surface area contributed by atoms with Crippen molar-refractivity contribution in [2.75, 3.05) is 11.9 Å². The number of carbonyl (C=O) groups is 1. The molecular formula is C16H21N5O4. The molecular weight excluding hydrogens is 326 g/mol. The van der Waals surface area contributed by atoms with Gasteiger partial charge in [0.1, 0.15) is 5.69 Å². The van der Waals surface area contributed by atoms with Crippen LogP contribution in [0.4, 0.5) is 10.5 Å². The first-order valence-electron chi connectivity index (χ1n) is 7.81. The quantitative estimate of drug-likeness (QED) is 0.795. The van der Waals surface area contributed by atoms with E-state index in [4.69, 9.17) is 4.74 Å². The van der Waals surface area contributed by atoms with Gasteiger partial charge in [0, 0.05) is 39.1 Å². The molecule has 0 fully saturated rings. The highest BCUT2D eigenvalue weighted by Crippen LogP contribution is 2.07. The van der Waals surface area contributed by atoms with E-state index in [0.717, 1.165) is 16.6 Å². The summed E-state index contributed by atoms with van der Waals surface area (Å²) in [5.74, 6) is 0.531. The fraction of sp³-hybridized carbons (Fsp3) is 0.375. The van der Waals surface area contributed by atoms with Gasteiger partial charge in [0.25, 0.3) is 5.56 Å². The van der Waals surface area contributed by atoms with E-state index in [-0.39, 0.29) is 12.2 Å². The third kappa shape index (κ3) is 4.69. The Morgan fingerprint density at radius 2 is 2.04 bits per heavy atom. The number of ether oxygens (including phenoxy) is 1. The molecule has 0 radical (unpaired) electrons. The Bertz CT molecular complexity index is 854. The maximum absolute atomic E-state index is 12.0. The van der Waals surface area contributed by atoms with Crippen molar-refractivity contribution in [3.8, 4) is 5.88 Å². The second kappa shape index (κ2) is 8.13. The van der Waals surface area contributed by atoms with E-state index in [1.54, 1.807) is 18.3 Å². The van der Waals surface area contributed by atoms with Gasteiger partial charge in [0.2, 0.25) is 5.88 Å². The maximum Gasteiger partial charge on any atom is 0.330 e. The van der Waals surface area contributed by atoms with Gasteiger partial charge in [-0.3, -0.25) is 9.36 Å². The van der Waals surface area contributed by atoms with Crippen molar-refractivity contribution >= 4 is 11.7 Å². The van der Waals surface area contributed by atoms with Crippen molar-refractivity contribution in [2.45, 2.75) is 19.9 Å². The molecule has 2 heterocycles. The summed E-state index contributed by atoms with van der Waals surface area (Å²) in [5, 5.41) is 5.06. The van der Waals surface area contributed by atoms with Crippen LogP contribution in [0.15, 0.2) is 34.1 Å². The number of rotatable bonds is 6. The van der Waals surface area contributed by atoms with Gasteiger partial charge in [0.15, 0.2) is 0 Å². The van der Waals surface area contributed by atoms with Crippen LogP contribution in [0.1, 0.15) is 18.9 Å². The fourth-order valence-electron chi connectivity index (χ4n) is 2.05. The number of pyridine rings is 1. The maximum atomic E-state index is 12.0. The number of nitrogens with zero attached hydrogens (tertiary/aromatic N) is 3. The monoisotopic (exact) mass is 347 g/mol. The van der Waals surface area contributed by atoms with Crippen molar-refractivity contribution in [3.63, 3.8) is 0 Å². The van der Waals surface area contributed by atoms with Crippen LogP contribution in [0.5, 0.6) is 5.88 Å². The van der Waals surface area contributed by atoms with Gasteiger partial charge >= 0.3 is 11.7 Å². The van der Waals surface area contributed by atoms with Crippen molar-refractivity contribution in [3.05, 3.63) is 50.9 Å². The third-order valence-corrected chi connectivity index (χ3v) is 3.40. The SMILES string of the molecule is CCCOc1ccc(CNC(=O)Nc2cn(C)c(=O)n(C)c2=O)cn1. The standard InChI is InChI=1S/C16H21N5O4/c1-4-7-25-13-6-5-11(8-17-13)9-18-15(23)19-12-10-20(2)16(24)21(3)14(12)22/h5-6,8,10H,4,7,9H2,1-3H3,(H2,18,19,23). The highest BCUT2D eigenvalue weighted by Gasteiger charge is 2.10. The lowest BCUT2D eigenvalue weighted by atomic mass is 10.3. The van der Waals surface area contributed by atoms with Crippen LogP contribution < -0.4 is 26.6 Å². The molecule has 9 heteroatoms. The number of aryl methyl sites for hydroxylation is 1. The van der Waals surface area contributed by atoms with Crippen LogP contribution in [0, 0.1) is 0 Å². The summed E-state index contributed by atoms with van der Waals surface area (Å²) >= 11 is 0. The van der Waals surface area contributed by atoms with Crippen LogP contribution in [-0.4, -0.2) is 26.8 Å². The molecule has 0 aromatic carbocycles. The van der Waals surface area contributed by atoms with Crippen LogP contribution in [-0.2, 0) is 20.6 Å². The zero-order valence-corrected chi connectivity index (χ0v) is 14.4. The second-order valence-electron chi connectivity index (χ2n) is 5.46. The van der Waals surface area contributed by atoms with E-state index in [0.29, 0.717) is 12.5 Å². The van der Waals surface area contributed by atoms with Crippen molar-refractivity contribution in [2.24, 2.45) is 14.1 Å². The molecule has 0 aliphatic rings. The Balaban J connectivity index is 1.95. The predicted octanol–water partition coefficient (Wildman–Crippen LogP) is 0.589. The van der Waals surface area contributed by atoms with Crippen LogP contribution in [0.25, 0.3) is 0 Å². The minimum Gasteiger partial charge on any atom is -0.478 e. The summed E-state index contributed by atoms with van der Waals surface area (Å²) in [5.41, 5.74) is -0.236. The average molecular weight is 347 g/mol. The smallest absolute Gasteiger partial charge is 0.330 e. The van der Waals surface area contributed by atoms with Crippen molar-refractivity contribution in [1.29, 1.82) is 0 Å². The van der Waals surface area contributed by atoms with Crippen molar-refractivity contribution in [1.82, 2.24) is 19.4 Å². The van der Waals surface area contributed by atoms with Crippen LogP contribution in [0.2, 0.25) is 0 Å². The van der Waals surface area contributed by atoms with E-state index in [2.05, 4.69) is 15.6 Å². The Kier molecular flexibility index (Phi) is 5.93. The molecule has 0 aliphatic carbocycles. The molecule has 0 atom stereocenters. The molecule has 9 nitrogen and oxygen atoms in total. The lowest BCUT2D eigenvalue weighted by Gasteiger charge is -2.10. The Morgan fingerprint density at radius 3 is 2.68 bits per heavy atom. The Morgan fingerprint density at radius 1 is 1.28 bits per heavy atom. The molecule has 0 unspecified atom stereocenters. The molecule has 2 rings (SSSR count). The predicted molar refractivity (Wildman–Crippen MR) is 92.8 cm³/mol. The van der Waals surface area contributed by atoms with Crippen LogP contribution in [0.3, 0.4) is 0 Å². The van der Waals surface area contributed by atoms with Gasteiger partial charge in [0.05, 0.1) is 6.61 Å². The minimum atomic E-state index is -0.572. The molecule has 0 saturated heterocycles. The molecule has 2 amide bonds. The van der Waals surface area contributed by atoms with Gasteiger partial charge in [-0.2, -0.15) is 0 Å². The molecule has 0 spiro atoms. The lowest BCUT2D eigenvalue weighted by molar-refractivity contribution is 0.251. The van der Waals surface area contributed by atoms with E-state index in [1.165, 1.54) is 24.9 Å². The first-order chi connectivity index (χ1) is 11.9. The highest BCUT2D eigenvalue weighted by atomic mass is 16.5. The van der Waals surface area contributed by atoms with E-state index >= 15 is 0 Å². The van der Waals surface area contributed by atoms with Crippen LogP contribution >= 0.6 is 0 Å². The number of nitrogens with one attached hydrogen (secondary N) is 2. The minimum absolute atomic E-state index is 0.0172. The summed E-state index contributed by atoms with van der Waals surface area (Å²) in [6.45, 7) is 2.84. The Labute approximate surface area is 144 Å². The average Bonchev–Trinajstić information content (AvgIpc) is 2.61. The van der Waals surface area contributed by atoms with E-state index in [9.17, 15) is 14.4 Å². The van der Waals surface area contributed by atoms with Gasteiger partial charge in [-0.25, -0.2) is 14.6 Å². The molecule has 2 aromatic rings. The number of amides is 2.